The standard InChI is InChI=1S/C39H32ClF10N7O5S2.Na/c1-36(2,63(3,59)60)10-9-21-5-6-22(23-7-8-26(40)30-32(23)57(17-37(43,44)45)54-35(30)55-64(4,61)62)31(51-21)27(13-18-11-19(41)14-20(42)12-18)52-28(58)16-56-34-29(33(53-56)39(48,49)50)24-15-25(24)38(34,46)47;/h5-8,11-12,14,24-25,27H,13,15-17H2,1-4H3,(H2,52,54,55,58);/q;+1/p-1/t24-,25+,27-;/m0./s1. The van der Waals surface area contributed by atoms with Crippen LogP contribution in [0.15, 0.2) is 42.5 Å². The monoisotopic (exact) mass is 989 g/mol. The normalized spacial score (nSPS) is 17.4. The minimum Gasteiger partial charge on any atom is -0.373 e. The number of carbonyl (C=O) groups is 1. The van der Waals surface area contributed by atoms with Crippen LogP contribution in [0.1, 0.15) is 66.1 Å². The molecule has 3 heterocycles. The molecular formula is C39H31ClF10N7NaO5S2. The van der Waals surface area contributed by atoms with E-state index in [-0.39, 0.29) is 73.8 Å². The Hall–Kier alpha value is -4.41. The quantitative estimate of drug-likeness (QED) is 0.107. The van der Waals surface area contributed by atoms with Gasteiger partial charge in [0.15, 0.2) is 25.6 Å². The van der Waals surface area contributed by atoms with Crippen molar-refractivity contribution in [3.05, 3.63) is 97.7 Å². The first kappa shape index (κ1) is 50.0. The van der Waals surface area contributed by atoms with E-state index in [1.54, 1.807) is 0 Å². The molecule has 0 radical (unpaired) electrons. The summed E-state index contributed by atoms with van der Waals surface area (Å²) in [5.74, 6) is -5.58. The van der Waals surface area contributed by atoms with Crippen LogP contribution in [-0.2, 0) is 56.3 Å². The fraction of sp³-hybridized carbons (Fsp3) is 0.385. The largest absolute Gasteiger partial charge is 1.00 e. The second-order valence-electron chi connectivity index (χ2n) is 15.8. The number of benzene rings is 2. The smallest absolute Gasteiger partial charge is 0.373 e. The molecule has 1 N–H and O–H groups in total. The molecule has 342 valence electrons. The number of nitrogens with one attached hydrogen (secondary N) is 1. The molecule has 2 aliphatic rings. The molecule has 2 aliphatic carbocycles. The van der Waals surface area contributed by atoms with E-state index in [1.807, 2.05) is 0 Å². The van der Waals surface area contributed by atoms with Gasteiger partial charge in [0, 0.05) is 51.6 Å². The van der Waals surface area contributed by atoms with Gasteiger partial charge < -0.3 is 19.8 Å². The fourth-order valence-electron chi connectivity index (χ4n) is 7.48. The Bertz CT molecular complexity index is 3040. The molecular weight excluding hydrogens is 959 g/mol. The third-order valence-electron chi connectivity index (χ3n) is 10.6. The van der Waals surface area contributed by atoms with Crippen molar-refractivity contribution in [2.75, 3.05) is 12.5 Å². The summed E-state index contributed by atoms with van der Waals surface area (Å²) in [5.41, 5.74) is -5.26. The van der Waals surface area contributed by atoms with Gasteiger partial charge in [0.05, 0.1) is 17.3 Å². The predicted octanol–water partition coefficient (Wildman–Crippen LogP) is 5.26. The zero-order chi connectivity index (χ0) is 47.3. The van der Waals surface area contributed by atoms with Crippen LogP contribution < -0.4 is 34.9 Å². The van der Waals surface area contributed by atoms with Crippen LogP contribution in [0.3, 0.4) is 0 Å². The molecule has 2 aromatic carbocycles. The van der Waals surface area contributed by atoms with E-state index in [2.05, 4.69) is 37.1 Å². The maximum Gasteiger partial charge on any atom is 1.00 e. The Morgan fingerprint density at radius 3 is 2.18 bits per heavy atom. The number of sulfonamides is 1. The van der Waals surface area contributed by atoms with Crippen molar-refractivity contribution >= 4 is 54.1 Å². The summed E-state index contributed by atoms with van der Waals surface area (Å²) in [6.45, 7) is -0.577. The number of fused-ring (bicyclic) bond motifs is 4. The molecule has 0 aliphatic heterocycles. The Labute approximate surface area is 390 Å². The van der Waals surface area contributed by atoms with E-state index >= 15 is 8.78 Å². The molecule has 1 saturated carbocycles. The van der Waals surface area contributed by atoms with Crippen molar-refractivity contribution in [3.63, 3.8) is 0 Å². The summed E-state index contributed by atoms with van der Waals surface area (Å²) in [4.78, 5) is 18.5. The summed E-state index contributed by atoms with van der Waals surface area (Å²) in [7, 11) is -8.19. The number of carbonyl (C=O) groups excluding carboxylic acids is 1. The van der Waals surface area contributed by atoms with E-state index in [1.165, 1.54) is 32.0 Å². The molecule has 26 heteroatoms. The summed E-state index contributed by atoms with van der Waals surface area (Å²) < 4.78 is 197. The minimum absolute atomic E-state index is 0. The minimum atomic E-state index is -5.19. The molecule has 1 fully saturated rings. The Balaban J connectivity index is 0.00000700. The van der Waals surface area contributed by atoms with Gasteiger partial charge in [0.1, 0.15) is 40.9 Å². The maximum absolute atomic E-state index is 15.5. The summed E-state index contributed by atoms with van der Waals surface area (Å²) in [6, 6.07) is 5.17. The molecule has 0 spiro atoms. The van der Waals surface area contributed by atoms with Crippen LogP contribution in [0, 0.1) is 29.4 Å². The van der Waals surface area contributed by atoms with Crippen molar-refractivity contribution in [3.8, 4) is 23.0 Å². The van der Waals surface area contributed by atoms with Crippen LogP contribution in [0.5, 0.6) is 0 Å². The van der Waals surface area contributed by atoms with Gasteiger partial charge in [-0.2, -0.15) is 40.2 Å². The van der Waals surface area contributed by atoms with E-state index in [0.717, 1.165) is 24.5 Å². The number of rotatable bonds is 11. The van der Waals surface area contributed by atoms with Gasteiger partial charge >= 0.3 is 41.9 Å². The van der Waals surface area contributed by atoms with E-state index in [9.17, 15) is 56.8 Å². The van der Waals surface area contributed by atoms with Crippen molar-refractivity contribution in [1.29, 1.82) is 0 Å². The molecule has 65 heavy (non-hydrogen) atoms. The first-order valence-corrected chi connectivity index (χ1v) is 22.7. The number of pyridine rings is 1. The van der Waals surface area contributed by atoms with Crippen molar-refractivity contribution in [2.45, 2.75) is 74.8 Å². The molecule has 0 saturated heterocycles. The molecule has 0 bridgehead atoms. The molecule has 1 amide bonds. The summed E-state index contributed by atoms with van der Waals surface area (Å²) in [6.07, 6.45) is -9.54. The Kier molecular flexibility index (Phi) is 13.1. The van der Waals surface area contributed by atoms with E-state index in [4.69, 9.17) is 11.6 Å². The number of alkyl halides is 8. The number of halogens is 11. The van der Waals surface area contributed by atoms with Gasteiger partial charge in [-0.15, -0.1) is 0 Å². The Morgan fingerprint density at radius 2 is 1.60 bits per heavy atom. The van der Waals surface area contributed by atoms with Crippen LogP contribution in [0.4, 0.5) is 49.7 Å². The Morgan fingerprint density at radius 1 is 0.969 bits per heavy atom. The zero-order valence-corrected chi connectivity index (χ0v) is 38.7. The van der Waals surface area contributed by atoms with Crippen LogP contribution in [-0.4, -0.2) is 70.7 Å². The second-order valence-corrected chi connectivity index (χ2v) is 20.5. The average Bonchev–Trinajstić information content (AvgIpc) is 3.66. The van der Waals surface area contributed by atoms with Crippen molar-refractivity contribution in [2.24, 2.45) is 5.92 Å². The first-order valence-electron chi connectivity index (χ1n) is 18.6. The van der Waals surface area contributed by atoms with Gasteiger partial charge in [0.25, 0.3) is 5.92 Å². The third kappa shape index (κ3) is 10.3. The van der Waals surface area contributed by atoms with Gasteiger partial charge in [-0.25, -0.2) is 30.6 Å². The number of nitrogens with zero attached hydrogens (tertiary/aromatic N) is 6. The van der Waals surface area contributed by atoms with E-state index < -0.39 is 131 Å². The molecule has 7 rings (SSSR count). The van der Waals surface area contributed by atoms with Crippen LogP contribution in [0.2, 0.25) is 5.02 Å². The van der Waals surface area contributed by atoms with Gasteiger partial charge in [-0.3, -0.25) is 9.48 Å². The number of hydrogen-bond acceptors (Lipinski definition) is 8. The first-order chi connectivity index (χ1) is 29.3. The van der Waals surface area contributed by atoms with Crippen LogP contribution in [0.25, 0.3) is 26.8 Å². The van der Waals surface area contributed by atoms with Crippen LogP contribution >= 0.6 is 11.6 Å². The molecule has 5 aromatic rings. The number of hydrogen-bond donors (Lipinski definition) is 1. The number of amides is 1. The average molecular weight is 990 g/mol. The second kappa shape index (κ2) is 17.0. The van der Waals surface area contributed by atoms with Gasteiger partial charge in [-0.05, 0) is 80.2 Å². The van der Waals surface area contributed by atoms with Gasteiger partial charge in [-0.1, -0.05) is 23.6 Å². The SMILES string of the molecule is CC(C)(C#Cc1ccc(-c2ccc(Cl)c3c([N-]S(C)(=O)=O)nn(CC(F)(F)F)c23)c([C@H](Cc2cc(F)cc(F)c2)NC(=O)Cn2nc(C(F)(F)F)c3c2C(F)(F)[C@@H]2C[C@H]32)n1)S(C)(=O)=O.[Na+]. The van der Waals surface area contributed by atoms with Crippen molar-refractivity contribution in [1.82, 2.24) is 29.9 Å². The molecule has 3 aromatic heterocycles. The molecule has 12 nitrogen and oxygen atoms in total. The van der Waals surface area contributed by atoms with E-state index in [0.29, 0.717) is 17.0 Å². The topological polar surface area (TPSA) is 160 Å². The number of aromatic nitrogens is 5. The predicted molar refractivity (Wildman–Crippen MR) is 211 cm³/mol. The fourth-order valence-corrected chi connectivity index (χ4v) is 8.39. The zero-order valence-electron chi connectivity index (χ0n) is 34.3. The molecule has 0 unspecified atom stereocenters. The molecule has 3 atom stereocenters. The van der Waals surface area contributed by atoms with Gasteiger partial charge in [0.2, 0.25) is 5.91 Å². The number of sulfone groups is 1. The third-order valence-corrected chi connectivity index (χ3v) is 13.3. The summed E-state index contributed by atoms with van der Waals surface area (Å²) in [5, 5.41) is 8.86. The van der Waals surface area contributed by atoms with Crippen molar-refractivity contribution < 1.29 is 95.1 Å². The maximum atomic E-state index is 15.5. The summed E-state index contributed by atoms with van der Waals surface area (Å²) >= 11 is 6.44.